The zero-order valence-corrected chi connectivity index (χ0v) is 19.7. The smallest absolute Gasteiger partial charge is 0.342 e. The topological polar surface area (TPSA) is 128 Å². The van der Waals surface area contributed by atoms with Crippen molar-refractivity contribution in [1.82, 2.24) is 19.8 Å². The van der Waals surface area contributed by atoms with Gasteiger partial charge in [0.05, 0.1) is 18.0 Å². The third kappa shape index (κ3) is 4.00. The van der Waals surface area contributed by atoms with Crippen molar-refractivity contribution in [3.05, 3.63) is 58.1 Å². The number of hydrogen-bond donors (Lipinski definition) is 1. The number of benzene rings is 1. The molecule has 1 saturated heterocycles. The molecule has 3 aliphatic rings. The molecule has 34 heavy (non-hydrogen) atoms. The predicted octanol–water partition coefficient (Wildman–Crippen LogP) is 2.47. The number of amides is 3. The van der Waals surface area contributed by atoms with Crippen LogP contribution >= 0.6 is 15.9 Å². The molecule has 1 aromatic heterocycles. The Morgan fingerprint density at radius 2 is 2.12 bits per heavy atom. The van der Waals surface area contributed by atoms with Crippen LogP contribution in [-0.4, -0.2) is 63.1 Å². The molecule has 2 N–H and O–H groups in total. The molecule has 1 aromatic carbocycles. The Kier molecular flexibility index (Phi) is 5.94. The monoisotopic (exact) mass is 527 g/mol. The van der Waals surface area contributed by atoms with Crippen molar-refractivity contribution < 1.29 is 23.9 Å². The third-order valence-electron chi connectivity index (χ3n) is 6.17. The van der Waals surface area contributed by atoms with Crippen molar-refractivity contribution in [2.75, 3.05) is 13.2 Å². The second kappa shape index (κ2) is 9.05. The van der Waals surface area contributed by atoms with Crippen molar-refractivity contribution in [3.8, 4) is 5.75 Å². The van der Waals surface area contributed by atoms with Crippen molar-refractivity contribution >= 4 is 39.5 Å². The molecule has 0 aliphatic carbocycles. The van der Waals surface area contributed by atoms with Crippen LogP contribution in [0, 0.1) is 0 Å². The van der Waals surface area contributed by atoms with Crippen LogP contribution in [0.25, 0.3) is 5.70 Å². The van der Waals surface area contributed by atoms with Gasteiger partial charge in [-0.2, -0.15) is 0 Å². The van der Waals surface area contributed by atoms with Gasteiger partial charge in [0.1, 0.15) is 23.7 Å². The van der Waals surface area contributed by atoms with E-state index in [0.29, 0.717) is 55.8 Å². The molecule has 3 aliphatic heterocycles. The van der Waals surface area contributed by atoms with Crippen molar-refractivity contribution in [2.45, 2.75) is 38.0 Å². The Bertz CT molecular complexity index is 1190. The van der Waals surface area contributed by atoms with Gasteiger partial charge in [-0.3, -0.25) is 9.69 Å². The van der Waals surface area contributed by atoms with E-state index in [2.05, 4.69) is 25.9 Å². The lowest BCUT2D eigenvalue weighted by Gasteiger charge is -2.44. The van der Waals surface area contributed by atoms with Crippen LogP contribution in [-0.2, 0) is 16.0 Å². The van der Waals surface area contributed by atoms with Crippen LogP contribution in [0.5, 0.6) is 5.75 Å². The number of nitrogens with two attached hydrogens (primary N) is 1. The largest absolute Gasteiger partial charge is 0.492 e. The highest BCUT2D eigenvalue weighted by Crippen LogP contribution is 2.36. The number of nitrogens with zero attached hydrogens (tertiary/aromatic N) is 4. The van der Waals surface area contributed by atoms with Crippen LogP contribution in [0.4, 0.5) is 4.79 Å². The number of primary amides is 1. The van der Waals surface area contributed by atoms with E-state index in [-0.39, 0.29) is 11.6 Å². The summed E-state index contributed by atoms with van der Waals surface area (Å²) < 4.78 is 12.4. The fourth-order valence-corrected chi connectivity index (χ4v) is 5.20. The lowest BCUT2D eigenvalue weighted by atomic mass is 10.1. The van der Waals surface area contributed by atoms with Crippen LogP contribution in [0.1, 0.15) is 40.9 Å². The average molecular weight is 528 g/mol. The van der Waals surface area contributed by atoms with Crippen LogP contribution in [0.2, 0.25) is 0 Å². The first-order valence-electron chi connectivity index (χ1n) is 11.0. The summed E-state index contributed by atoms with van der Waals surface area (Å²) >= 11 is 3.44. The maximum Gasteiger partial charge on any atom is 0.342 e. The van der Waals surface area contributed by atoms with Gasteiger partial charge >= 0.3 is 12.0 Å². The van der Waals surface area contributed by atoms with Crippen LogP contribution < -0.4 is 10.5 Å². The summed E-state index contributed by atoms with van der Waals surface area (Å²) in [6.45, 7) is 0.896. The molecule has 2 aromatic rings. The van der Waals surface area contributed by atoms with Gasteiger partial charge in [-0.05, 0) is 43.0 Å². The molecule has 2 unspecified atom stereocenters. The standard InChI is InChI=1S/C23H22BrN5O5/c24-14-9-13-5-8-33-20(13)15(10-14)22(31)34-18-3-1-2-7-28-19(30)11-17(16-4-6-26-12-27-16)29(21(18)28)23(25)32/h4,6,9-12,18,21H,1-3,5,7-8H2,(H2,25,32). The molecule has 4 heterocycles. The first-order valence-corrected chi connectivity index (χ1v) is 11.8. The summed E-state index contributed by atoms with van der Waals surface area (Å²) in [7, 11) is 0. The number of halogens is 1. The third-order valence-corrected chi connectivity index (χ3v) is 6.62. The predicted molar refractivity (Wildman–Crippen MR) is 123 cm³/mol. The van der Waals surface area contributed by atoms with Crippen LogP contribution in [0.3, 0.4) is 0 Å². The van der Waals surface area contributed by atoms with Gasteiger partial charge < -0.3 is 20.1 Å². The Hall–Kier alpha value is -3.47. The van der Waals surface area contributed by atoms with Crippen molar-refractivity contribution in [2.24, 2.45) is 5.73 Å². The number of ether oxygens (including phenoxy) is 2. The summed E-state index contributed by atoms with van der Waals surface area (Å²) in [6.07, 6.45) is 5.05. The zero-order chi connectivity index (χ0) is 23.8. The molecule has 10 nitrogen and oxygen atoms in total. The van der Waals surface area contributed by atoms with Gasteiger partial charge in [-0.15, -0.1) is 0 Å². The maximum atomic E-state index is 13.3. The summed E-state index contributed by atoms with van der Waals surface area (Å²) in [5.41, 5.74) is 7.63. The molecular formula is C23H22BrN5O5. The number of esters is 1. The number of hydrogen-bond acceptors (Lipinski definition) is 7. The molecule has 0 radical (unpaired) electrons. The Labute approximate surface area is 203 Å². The van der Waals surface area contributed by atoms with E-state index >= 15 is 0 Å². The highest BCUT2D eigenvalue weighted by atomic mass is 79.9. The summed E-state index contributed by atoms with van der Waals surface area (Å²) in [4.78, 5) is 50.0. The van der Waals surface area contributed by atoms with Gasteiger partial charge in [0.15, 0.2) is 6.17 Å². The normalized spacial score (nSPS) is 21.7. The molecule has 11 heteroatoms. The lowest BCUT2D eigenvalue weighted by molar-refractivity contribution is -0.135. The number of carbonyl (C=O) groups excluding carboxylic acids is 3. The summed E-state index contributed by atoms with van der Waals surface area (Å²) in [6, 6.07) is 4.39. The molecule has 0 spiro atoms. The summed E-state index contributed by atoms with van der Waals surface area (Å²) in [5.74, 6) is -0.376. The fraction of sp³-hybridized carbons (Fsp3) is 0.348. The molecule has 0 saturated carbocycles. The molecule has 1 fully saturated rings. The zero-order valence-electron chi connectivity index (χ0n) is 18.1. The first kappa shape index (κ1) is 22.3. The average Bonchev–Trinajstić information content (AvgIpc) is 3.19. The first-order chi connectivity index (χ1) is 16.4. The van der Waals surface area contributed by atoms with Crippen LogP contribution in [0.15, 0.2) is 41.3 Å². The fourth-order valence-electron chi connectivity index (χ4n) is 4.70. The minimum atomic E-state index is -0.896. The van der Waals surface area contributed by atoms with Gasteiger partial charge in [0, 0.05) is 29.7 Å². The number of carbonyl (C=O) groups is 3. The Balaban J connectivity index is 1.52. The van der Waals surface area contributed by atoms with E-state index in [4.69, 9.17) is 15.2 Å². The van der Waals surface area contributed by atoms with Crippen molar-refractivity contribution in [1.29, 1.82) is 0 Å². The van der Waals surface area contributed by atoms with E-state index in [1.54, 1.807) is 12.1 Å². The molecule has 0 bridgehead atoms. The summed E-state index contributed by atoms with van der Waals surface area (Å²) in [5, 5.41) is 0. The van der Waals surface area contributed by atoms with Gasteiger partial charge in [-0.25, -0.2) is 19.6 Å². The van der Waals surface area contributed by atoms with Gasteiger partial charge in [-0.1, -0.05) is 15.9 Å². The van der Waals surface area contributed by atoms with E-state index in [1.807, 2.05) is 6.07 Å². The van der Waals surface area contributed by atoms with Crippen molar-refractivity contribution in [3.63, 3.8) is 0 Å². The molecular weight excluding hydrogens is 506 g/mol. The highest BCUT2D eigenvalue weighted by molar-refractivity contribution is 9.10. The minimum absolute atomic E-state index is 0.246. The molecule has 2 atom stereocenters. The second-order valence-electron chi connectivity index (χ2n) is 8.26. The maximum absolute atomic E-state index is 13.3. The molecule has 5 rings (SSSR count). The number of rotatable bonds is 3. The van der Waals surface area contributed by atoms with Gasteiger partial charge in [0.2, 0.25) is 0 Å². The Morgan fingerprint density at radius 3 is 2.88 bits per heavy atom. The van der Waals surface area contributed by atoms with Gasteiger partial charge in [0.25, 0.3) is 5.91 Å². The van der Waals surface area contributed by atoms with E-state index in [0.717, 1.165) is 10.0 Å². The minimum Gasteiger partial charge on any atom is -0.492 e. The molecule has 3 amide bonds. The number of urea groups is 1. The van der Waals surface area contributed by atoms with E-state index in [9.17, 15) is 14.4 Å². The second-order valence-corrected chi connectivity index (χ2v) is 9.17. The number of fused-ring (bicyclic) bond motifs is 2. The molecule has 176 valence electrons. The SMILES string of the molecule is NC(=O)N1C(c2ccncn2)=CC(=O)N2CCCCC(OC(=O)c3cc(Br)cc4c3OCC4)C21. The number of aromatic nitrogens is 2. The van der Waals surface area contributed by atoms with E-state index < -0.39 is 24.3 Å². The lowest BCUT2D eigenvalue weighted by Crippen LogP contribution is -2.61. The quantitative estimate of drug-likeness (QED) is 0.607. The van der Waals surface area contributed by atoms with E-state index in [1.165, 1.54) is 28.4 Å². The Morgan fingerprint density at radius 1 is 1.26 bits per heavy atom. The highest BCUT2D eigenvalue weighted by Gasteiger charge is 2.45.